The van der Waals surface area contributed by atoms with Gasteiger partial charge in [0.1, 0.15) is 0 Å². The molecule has 0 heterocycles. The molecule has 1 fully saturated rings. The van der Waals surface area contributed by atoms with Crippen LogP contribution in [0.4, 0.5) is 0 Å². The maximum Gasteiger partial charge on any atom is 0.0436 e. The van der Waals surface area contributed by atoms with Gasteiger partial charge in [-0.05, 0) is 37.3 Å². The Bertz CT molecular complexity index is 401. The van der Waals surface area contributed by atoms with Crippen molar-refractivity contribution in [2.75, 3.05) is 18.1 Å². The van der Waals surface area contributed by atoms with Gasteiger partial charge in [-0.1, -0.05) is 50.1 Å². The summed E-state index contributed by atoms with van der Waals surface area (Å²) in [5.41, 5.74) is 1.26. The van der Waals surface area contributed by atoms with Crippen molar-refractivity contribution in [1.82, 2.24) is 5.32 Å². The molecular formula is C17H27NOS. The molecule has 1 aliphatic carbocycles. The van der Waals surface area contributed by atoms with E-state index in [0.717, 1.165) is 24.5 Å². The fourth-order valence-electron chi connectivity index (χ4n) is 2.97. The highest BCUT2D eigenvalue weighted by molar-refractivity contribution is 7.85. The molecular weight excluding hydrogens is 266 g/mol. The van der Waals surface area contributed by atoms with Crippen molar-refractivity contribution in [1.29, 1.82) is 0 Å². The summed E-state index contributed by atoms with van der Waals surface area (Å²) in [4.78, 5) is 0. The molecule has 1 saturated carbocycles. The quantitative estimate of drug-likeness (QED) is 0.792. The van der Waals surface area contributed by atoms with Gasteiger partial charge in [0.15, 0.2) is 0 Å². The zero-order valence-electron chi connectivity index (χ0n) is 12.5. The maximum absolute atomic E-state index is 12.4. The van der Waals surface area contributed by atoms with Crippen LogP contribution in [0.3, 0.4) is 0 Å². The van der Waals surface area contributed by atoms with E-state index in [-0.39, 0.29) is 6.04 Å². The molecule has 1 aromatic rings. The van der Waals surface area contributed by atoms with Gasteiger partial charge in [-0.3, -0.25) is 4.21 Å². The topological polar surface area (TPSA) is 29.1 Å². The van der Waals surface area contributed by atoms with Gasteiger partial charge in [0.25, 0.3) is 0 Å². The molecule has 2 atom stereocenters. The van der Waals surface area contributed by atoms with Gasteiger partial charge in [0.05, 0.1) is 0 Å². The minimum Gasteiger partial charge on any atom is -0.309 e. The van der Waals surface area contributed by atoms with Gasteiger partial charge in [-0.2, -0.15) is 0 Å². The lowest BCUT2D eigenvalue weighted by Crippen LogP contribution is -2.28. The lowest BCUT2D eigenvalue weighted by molar-refractivity contribution is 0.562. The van der Waals surface area contributed by atoms with Crippen LogP contribution < -0.4 is 5.32 Å². The second kappa shape index (κ2) is 8.58. The van der Waals surface area contributed by atoms with Gasteiger partial charge < -0.3 is 5.32 Å². The standard InChI is InChI=1S/C17H27NOS/c1-2-12-18-17(16-10-4-3-5-11-16)14-20(19)13-15-8-6-7-9-15/h3-5,10-11,15,17-18H,2,6-9,12-14H2,1H3. The number of nitrogens with one attached hydrogen (secondary N) is 1. The lowest BCUT2D eigenvalue weighted by atomic mass is 10.1. The van der Waals surface area contributed by atoms with Gasteiger partial charge >= 0.3 is 0 Å². The van der Waals surface area contributed by atoms with Crippen LogP contribution in [-0.2, 0) is 10.8 Å². The molecule has 112 valence electrons. The summed E-state index contributed by atoms with van der Waals surface area (Å²) in [6.07, 6.45) is 6.34. The third kappa shape index (κ3) is 5.02. The summed E-state index contributed by atoms with van der Waals surface area (Å²) in [6.45, 7) is 3.16. The van der Waals surface area contributed by atoms with E-state index < -0.39 is 10.8 Å². The van der Waals surface area contributed by atoms with Crippen molar-refractivity contribution < 1.29 is 4.21 Å². The molecule has 1 N–H and O–H groups in total. The molecule has 0 aromatic heterocycles. The third-order valence-corrected chi connectivity index (χ3v) is 5.64. The first kappa shape index (κ1) is 15.7. The summed E-state index contributed by atoms with van der Waals surface area (Å²) >= 11 is 0. The highest BCUT2D eigenvalue weighted by Crippen LogP contribution is 2.26. The normalized spacial score (nSPS) is 19.1. The van der Waals surface area contributed by atoms with E-state index in [2.05, 4.69) is 36.5 Å². The second-order valence-electron chi connectivity index (χ2n) is 5.84. The monoisotopic (exact) mass is 293 g/mol. The smallest absolute Gasteiger partial charge is 0.0436 e. The Balaban J connectivity index is 1.91. The number of hydrogen-bond donors (Lipinski definition) is 1. The van der Waals surface area contributed by atoms with Crippen LogP contribution in [0, 0.1) is 5.92 Å². The average molecular weight is 293 g/mol. The molecule has 0 bridgehead atoms. The van der Waals surface area contributed by atoms with Gasteiger partial charge in [-0.15, -0.1) is 0 Å². The Labute approximate surface area is 125 Å². The highest BCUT2D eigenvalue weighted by atomic mass is 32.2. The molecule has 2 unspecified atom stereocenters. The summed E-state index contributed by atoms with van der Waals surface area (Å²) in [5.74, 6) is 2.36. The van der Waals surface area contributed by atoms with Crippen LogP contribution in [0.25, 0.3) is 0 Å². The molecule has 2 rings (SSSR count). The predicted octanol–water partition coefficient (Wildman–Crippen LogP) is 3.67. The first-order chi connectivity index (χ1) is 9.79. The van der Waals surface area contributed by atoms with E-state index in [0.29, 0.717) is 5.92 Å². The molecule has 1 aliphatic rings. The molecule has 0 aliphatic heterocycles. The van der Waals surface area contributed by atoms with Gasteiger partial charge in [0.2, 0.25) is 0 Å². The van der Waals surface area contributed by atoms with Gasteiger partial charge in [0, 0.05) is 28.3 Å². The summed E-state index contributed by atoms with van der Waals surface area (Å²) < 4.78 is 12.4. The Kier molecular flexibility index (Phi) is 6.74. The van der Waals surface area contributed by atoms with E-state index in [1.54, 1.807) is 0 Å². The second-order valence-corrected chi connectivity index (χ2v) is 7.39. The lowest BCUT2D eigenvalue weighted by Gasteiger charge is -2.19. The molecule has 20 heavy (non-hydrogen) atoms. The number of benzene rings is 1. The largest absolute Gasteiger partial charge is 0.309 e. The zero-order chi connectivity index (χ0) is 14.2. The molecule has 0 spiro atoms. The first-order valence-corrected chi connectivity index (χ1v) is 9.41. The Morgan fingerprint density at radius 1 is 1.25 bits per heavy atom. The van der Waals surface area contributed by atoms with Crippen molar-refractivity contribution in [2.24, 2.45) is 5.92 Å². The van der Waals surface area contributed by atoms with Crippen molar-refractivity contribution >= 4 is 10.8 Å². The molecule has 0 amide bonds. The summed E-state index contributed by atoms with van der Waals surface area (Å²) in [7, 11) is -0.706. The SMILES string of the molecule is CCCNC(CS(=O)CC1CCCC1)c1ccccc1. The van der Waals surface area contributed by atoms with E-state index in [1.807, 2.05) is 6.07 Å². The molecule has 2 nitrogen and oxygen atoms in total. The van der Waals surface area contributed by atoms with Crippen LogP contribution >= 0.6 is 0 Å². The Morgan fingerprint density at radius 3 is 2.60 bits per heavy atom. The number of rotatable bonds is 8. The minimum atomic E-state index is -0.706. The third-order valence-electron chi connectivity index (χ3n) is 4.09. The number of hydrogen-bond acceptors (Lipinski definition) is 2. The van der Waals surface area contributed by atoms with Crippen molar-refractivity contribution in [3.8, 4) is 0 Å². The Hall–Kier alpha value is -0.670. The Morgan fingerprint density at radius 2 is 1.95 bits per heavy atom. The van der Waals surface area contributed by atoms with E-state index in [4.69, 9.17) is 0 Å². The van der Waals surface area contributed by atoms with Crippen molar-refractivity contribution in [3.63, 3.8) is 0 Å². The first-order valence-electron chi connectivity index (χ1n) is 7.93. The highest BCUT2D eigenvalue weighted by Gasteiger charge is 2.20. The van der Waals surface area contributed by atoms with E-state index in [9.17, 15) is 4.21 Å². The van der Waals surface area contributed by atoms with Crippen LogP contribution in [0.5, 0.6) is 0 Å². The van der Waals surface area contributed by atoms with E-state index in [1.165, 1.54) is 31.2 Å². The molecule has 0 radical (unpaired) electrons. The van der Waals surface area contributed by atoms with Crippen LogP contribution in [0.1, 0.15) is 50.6 Å². The average Bonchev–Trinajstić information content (AvgIpc) is 2.97. The molecule has 3 heteroatoms. The van der Waals surface area contributed by atoms with Crippen molar-refractivity contribution in [2.45, 2.75) is 45.1 Å². The minimum absolute atomic E-state index is 0.235. The summed E-state index contributed by atoms with van der Waals surface area (Å²) in [6, 6.07) is 10.7. The van der Waals surface area contributed by atoms with Crippen LogP contribution in [-0.4, -0.2) is 22.3 Å². The maximum atomic E-state index is 12.4. The van der Waals surface area contributed by atoms with Gasteiger partial charge in [-0.25, -0.2) is 0 Å². The van der Waals surface area contributed by atoms with Crippen LogP contribution in [0.2, 0.25) is 0 Å². The molecule has 0 saturated heterocycles. The zero-order valence-corrected chi connectivity index (χ0v) is 13.3. The summed E-state index contributed by atoms with van der Waals surface area (Å²) in [5, 5.41) is 3.55. The fraction of sp³-hybridized carbons (Fsp3) is 0.647. The fourth-order valence-corrected chi connectivity index (χ4v) is 4.65. The van der Waals surface area contributed by atoms with E-state index >= 15 is 0 Å². The predicted molar refractivity (Wildman–Crippen MR) is 87.3 cm³/mol. The van der Waals surface area contributed by atoms with Crippen molar-refractivity contribution in [3.05, 3.63) is 35.9 Å². The molecule has 1 aromatic carbocycles. The van der Waals surface area contributed by atoms with Crippen LogP contribution in [0.15, 0.2) is 30.3 Å².